The zero-order chi connectivity index (χ0) is 26.8. The molecule has 0 aliphatic heterocycles. The predicted molar refractivity (Wildman–Crippen MR) is 131 cm³/mol. The van der Waals surface area contributed by atoms with Crippen LogP contribution in [0.3, 0.4) is 0 Å². The lowest BCUT2D eigenvalue weighted by atomic mass is 10.0. The van der Waals surface area contributed by atoms with Crippen LogP contribution in [0.5, 0.6) is 0 Å². The summed E-state index contributed by atoms with van der Waals surface area (Å²) in [6.45, 7) is 10.8. The predicted octanol–water partition coefficient (Wildman–Crippen LogP) is 1.07. The summed E-state index contributed by atoms with van der Waals surface area (Å²) in [6, 6.07) is 5.66. The molecule has 0 aliphatic rings. The minimum absolute atomic E-state index is 0.0103. The summed E-state index contributed by atoms with van der Waals surface area (Å²) in [5, 5.41) is 16.7. The fraction of sp³-hybridized carbons (Fsp3) is 0.583. The highest BCUT2D eigenvalue weighted by Crippen LogP contribution is 2.14. The molecule has 196 valence electrons. The molecule has 0 fully saturated rings. The average molecular weight is 494 g/mol. The molecule has 0 aliphatic carbocycles. The Morgan fingerprint density at radius 2 is 1.49 bits per heavy atom. The van der Waals surface area contributed by atoms with Gasteiger partial charge in [-0.25, -0.2) is 10.6 Å². The first-order chi connectivity index (χ1) is 16.2. The molecule has 0 aromatic heterocycles. The van der Waals surface area contributed by atoms with Crippen LogP contribution in [0.1, 0.15) is 53.5 Å². The Hall–Kier alpha value is -3.18. The third-order valence-electron chi connectivity index (χ3n) is 4.97. The van der Waals surface area contributed by atoms with E-state index >= 15 is 0 Å². The highest BCUT2D eigenvalue weighted by atomic mass is 16.5. The topological polar surface area (TPSA) is 172 Å². The largest absolute Gasteiger partial charge is 0.465 e. The summed E-state index contributed by atoms with van der Waals surface area (Å²) in [4.78, 5) is 49.9. The van der Waals surface area contributed by atoms with Crippen molar-refractivity contribution in [1.29, 1.82) is 0 Å². The molecule has 35 heavy (non-hydrogen) atoms. The Labute approximate surface area is 206 Å². The van der Waals surface area contributed by atoms with Gasteiger partial charge in [0.15, 0.2) is 0 Å². The van der Waals surface area contributed by atoms with E-state index in [-0.39, 0.29) is 18.8 Å². The number of carboxylic acid groups (broad SMARTS) is 1. The number of rotatable bonds is 12. The number of carbonyl (C=O) groups excluding carboxylic acids is 3. The number of ether oxygens (including phenoxy) is 1. The second-order valence-electron chi connectivity index (χ2n) is 9.81. The van der Waals surface area contributed by atoms with Crippen molar-refractivity contribution in [3.8, 4) is 0 Å². The van der Waals surface area contributed by atoms with E-state index < -0.39 is 53.6 Å². The number of benzene rings is 1. The second-order valence-corrected chi connectivity index (χ2v) is 9.81. The SMILES string of the molecule is CC(C)CC(NC(=O)C(Cc1ccccc1)NC(=O)O)C(=O)NC(C(=O)NN)C(C)OC(C)(C)C. The lowest BCUT2D eigenvalue weighted by Gasteiger charge is -2.31. The molecule has 4 unspecified atom stereocenters. The minimum Gasteiger partial charge on any atom is -0.465 e. The molecular formula is C24H39N5O6. The Balaban J connectivity index is 3.08. The summed E-state index contributed by atoms with van der Waals surface area (Å²) in [5.74, 6) is 3.40. The number of carbonyl (C=O) groups is 4. The summed E-state index contributed by atoms with van der Waals surface area (Å²) in [7, 11) is 0. The van der Waals surface area contributed by atoms with Crippen LogP contribution in [0, 0.1) is 5.92 Å². The molecule has 1 aromatic carbocycles. The Morgan fingerprint density at radius 3 is 1.97 bits per heavy atom. The molecule has 0 spiro atoms. The van der Waals surface area contributed by atoms with Gasteiger partial charge in [0, 0.05) is 6.42 Å². The molecule has 0 radical (unpaired) electrons. The van der Waals surface area contributed by atoms with Crippen LogP contribution in [0.2, 0.25) is 0 Å². The van der Waals surface area contributed by atoms with Crippen LogP contribution in [-0.4, -0.2) is 58.8 Å². The Kier molecular flexibility index (Phi) is 11.6. The van der Waals surface area contributed by atoms with Crippen LogP contribution in [0.4, 0.5) is 4.79 Å². The van der Waals surface area contributed by atoms with Crippen molar-refractivity contribution < 1.29 is 29.0 Å². The first-order valence-electron chi connectivity index (χ1n) is 11.6. The smallest absolute Gasteiger partial charge is 0.405 e. The average Bonchev–Trinajstić information content (AvgIpc) is 2.74. The Morgan fingerprint density at radius 1 is 0.914 bits per heavy atom. The van der Waals surface area contributed by atoms with Gasteiger partial charge >= 0.3 is 6.09 Å². The lowest BCUT2D eigenvalue weighted by molar-refractivity contribution is -0.139. The van der Waals surface area contributed by atoms with Crippen LogP contribution in [-0.2, 0) is 25.5 Å². The number of nitrogens with one attached hydrogen (secondary N) is 4. The van der Waals surface area contributed by atoms with Gasteiger partial charge in [-0.1, -0.05) is 44.2 Å². The molecule has 1 aromatic rings. The Bertz CT molecular complexity index is 856. The molecule has 0 bridgehead atoms. The summed E-state index contributed by atoms with van der Waals surface area (Å²) in [5.41, 5.74) is 2.19. The van der Waals surface area contributed by atoms with Crippen molar-refractivity contribution in [2.45, 2.75) is 84.2 Å². The van der Waals surface area contributed by atoms with Crippen molar-refractivity contribution >= 4 is 23.8 Å². The van der Waals surface area contributed by atoms with Crippen LogP contribution < -0.4 is 27.2 Å². The van der Waals surface area contributed by atoms with E-state index in [0.29, 0.717) is 0 Å². The fourth-order valence-electron chi connectivity index (χ4n) is 3.55. The van der Waals surface area contributed by atoms with Gasteiger partial charge in [-0.15, -0.1) is 0 Å². The van der Waals surface area contributed by atoms with Gasteiger partial charge in [0.2, 0.25) is 11.8 Å². The number of hydrogen-bond donors (Lipinski definition) is 6. The summed E-state index contributed by atoms with van der Waals surface area (Å²) < 4.78 is 5.82. The number of hydrogen-bond acceptors (Lipinski definition) is 6. The van der Waals surface area contributed by atoms with Gasteiger partial charge in [-0.05, 0) is 45.6 Å². The fourth-order valence-corrected chi connectivity index (χ4v) is 3.55. The van der Waals surface area contributed by atoms with Crippen LogP contribution >= 0.6 is 0 Å². The third-order valence-corrected chi connectivity index (χ3v) is 4.97. The van der Waals surface area contributed by atoms with Crippen LogP contribution in [0.25, 0.3) is 0 Å². The monoisotopic (exact) mass is 493 g/mol. The summed E-state index contributed by atoms with van der Waals surface area (Å²) >= 11 is 0. The first kappa shape index (κ1) is 29.9. The van der Waals surface area contributed by atoms with E-state index in [0.717, 1.165) is 5.56 Å². The van der Waals surface area contributed by atoms with Gasteiger partial charge in [-0.2, -0.15) is 0 Å². The van der Waals surface area contributed by atoms with Crippen molar-refractivity contribution in [3.63, 3.8) is 0 Å². The minimum atomic E-state index is -1.36. The molecule has 1 rings (SSSR count). The third kappa shape index (κ3) is 11.2. The molecule has 0 heterocycles. The highest BCUT2D eigenvalue weighted by Gasteiger charge is 2.34. The van der Waals surface area contributed by atoms with E-state index in [9.17, 15) is 24.3 Å². The van der Waals surface area contributed by atoms with Gasteiger partial charge < -0.3 is 25.8 Å². The lowest BCUT2D eigenvalue weighted by Crippen LogP contribution is -2.60. The molecule has 4 atom stereocenters. The van der Waals surface area contributed by atoms with Gasteiger partial charge in [0.1, 0.15) is 18.1 Å². The molecule has 0 saturated heterocycles. The van der Waals surface area contributed by atoms with E-state index in [1.165, 1.54) is 0 Å². The van der Waals surface area contributed by atoms with Gasteiger partial charge in [-0.3, -0.25) is 19.8 Å². The molecule has 11 heteroatoms. The van der Waals surface area contributed by atoms with Gasteiger partial charge in [0.05, 0.1) is 11.7 Å². The van der Waals surface area contributed by atoms with Gasteiger partial charge in [0.25, 0.3) is 5.91 Å². The number of hydrazine groups is 1. The van der Waals surface area contributed by atoms with E-state index in [2.05, 4.69) is 16.0 Å². The second kappa shape index (κ2) is 13.6. The van der Waals surface area contributed by atoms with E-state index in [1.807, 2.05) is 46.1 Å². The molecular weight excluding hydrogens is 454 g/mol. The maximum atomic E-state index is 13.2. The molecule has 4 amide bonds. The van der Waals surface area contributed by atoms with Crippen molar-refractivity contribution in [2.24, 2.45) is 11.8 Å². The van der Waals surface area contributed by atoms with E-state index in [4.69, 9.17) is 10.6 Å². The standard InChI is InChI=1S/C24H39N5O6/c1-14(2)12-17(21(31)28-19(22(32)29-25)15(3)35-24(4,5)6)26-20(30)18(27-23(33)34)13-16-10-8-7-9-11-16/h7-11,14-15,17-19,27H,12-13,25H2,1-6H3,(H,26,30)(H,28,31)(H,29,32)(H,33,34). The molecule has 11 nitrogen and oxygen atoms in total. The van der Waals surface area contributed by atoms with E-state index in [1.54, 1.807) is 31.2 Å². The molecule has 7 N–H and O–H groups in total. The zero-order valence-corrected chi connectivity index (χ0v) is 21.3. The normalized spacial score (nSPS) is 14.9. The molecule has 0 saturated carbocycles. The van der Waals surface area contributed by atoms with Crippen molar-refractivity contribution in [3.05, 3.63) is 35.9 Å². The number of amides is 4. The van der Waals surface area contributed by atoms with Crippen molar-refractivity contribution in [1.82, 2.24) is 21.4 Å². The zero-order valence-electron chi connectivity index (χ0n) is 21.3. The summed E-state index contributed by atoms with van der Waals surface area (Å²) in [6.07, 6.45) is -1.73. The first-order valence-corrected chi connectivity index (χ1v) is 11.6. The maximum Gasteiger partial charge on any atom is 0.405 e. The van der Waals surface area contributed by atoms with Crippen molar-refractivity contribution in [2.75, 3.05) is 0 Å². The quantitative estimate of drug-likeness (QED) is 0.144. The van der Waals surface area contributed by atoms with Crippen LogP contribution in [0.15, 0.2) is 30.3 Å². The highest BCUT2D eigenvalue weighted by molar-refractivity contribution is 5.94. The maximum absolute atomic E-state index is 13.2. The number of nitrogens with two attached hydrogens (primary N) is 1.